The molecule has 7 heteroatoms. The summed E-state index contributed by atoms with van der Waals surface area (Å²) in [6.45, 7) is 3.31. The van der Waals surface area contributed by atoms with E-state index in [2.05, 4.69) is 19.9 Å². The summed E-state index contributed by atoms with van der Waals surface area (Å²) < 4.78 is 0. The molecule has 7 nitrogen and oxygen atoms in total. The highest BCUT2D eigenvalue weighted by Gasteiger charge is 2.23. The standard InChI is InChI=1S/C17H22N6O/c1-12-19-6-4-15(22-12)17(24)23-7-2-3-13(5-8-23)9-14-10-21-16(18)11-20-14/h4,6,10-11,13H,2-3,5,7-9H2,1H3,(H2,18,21)/t13-/m1/s1. The molecule has 0 saturated carbocycles. The van der Waals surface area contributed by atoms with Crippen LogP contribution in [-0.4, -0.2) is 43.8 Å². The van der Waals surface area contributed by atoms with Crippen LogP contribution in [0.25, 0.3) is 0 Å². The van der Waals surface area contributed by atoms with E-state index in [-0.39, 0.29) is 5.91 Å². The van der Waals surface area contributed by atoms with Crippen molar-refractivity contribution in [3.63, 3.8) is 0 Å². The molecule has 0 unspecified atom stereocenters. The van der Waals surface area contributed by atoms with E-state index in [0.29, 0.717) is 23.3 Å². The Hall–Kier alpha value is -2.57. The summed E-state index contributed by atoms with van der Waals surface area (Å²) in [6, 6.07) is 1.68. The van der Waals surface area contributed by atoms with Gasteiger partial charge in [-0.15, -0.1) is 0 Å². The number of hydrogen-bond acceptors (Lipinski definition) is 6. The molecule has 1 saturated heterocycles. The van der Waals surface area contributed by atoms with Crippen molar-refractivity contribution in [2.24, 2.45) is 5.92 Å². The molecule has 1 amide bonds. The van der Waals surface area contributed by atoms with Crippen molar-refractivity contribution in [1.29, 1.82) is 0 Å². The quantitative estimate of drug-likeness (QED) is 0.921. The molecule has 126 valence electrons. The summed E-state index contributed by atoms with van der Waals surface area (Å²) in [7, 11) is 0. The highest BCUT2D eigenvalue weighted by molar-refractivity contribution is 5.92. The van der Waals surface area contributed by atoms with Gasteiger partial charge in [0.05, 0.1) is 18.1 Å². The Labute approximate surface area is 141 Å². The van der Waals surface area contributed by atoms with E-state index in [4.69, 9.17) is 5.73 Å². The van der Waals surface area contributed by atoms with Crippen LogP contribution in [-0.2, 0) is 6.42 Å². The molecule has 2 aromatic heterocycles. The summed E-state index contributed by atoms with van der Waals surface area (Å²) in [6.07, 6.45) is 8.88. The summed E-state index contributed by atoms with van der Waals surface area (Å²) >= 11 is 0. The Morgan fingerprint density at radius 2 is 2.12 bits per heavy atom. The van der Waals surface area contributed by atoms with Gasteiger partial charge in [-0.2, -0.15) is 0 Å². The average Bonchev–Trinajstić information content (AvgIpc) is 2.82. The van der Waals surface area contributed by atoms with Gasteiger partial charge in [-0.25, -0.2) is 15.0 Å². The first-order valence-electron chi connectivity index (χ1n) is 8.27. The molecule has 1 fully saturated rings. The number of carbonyl (C=O) groups excluding carboxylic acids is 1. The first kappa shape index (κ1) is 16.3. The van der Waals surface area contributed by atoms with Crippen molar-refractivity contribution >= 4 is 11.7 Å². The monoisotopic (exact) mass is 326 g/mol. The lowest BCUT2D eigenvalue weighted by molar-refractivity contribution is 0.0753. The predicted octanol–water partition coefficient (Wildman–Crippen LogP) is 1.64. The maximum absolute atomic E-state index is 12.6. The van der Waals surface area contributed by atoms with Crippen molar-refractivity contribution in [3.8, 4) is 0 Å². The van der Waals surface area contributed by atoms with Crippen LogP contribution in [0.15, 0.2) is 24.7 Å². The zero-order chi connectivity index (χ0) is 16.9. The minimum absolute atomic E-state index is 0.00609. The first-order valence-corrected chi connectivity index (χ1v) is 8.27. The average molecular weight is 326 g/mol. The van der Waals surface area contributed by atoms with Crippen molar-refractivity contribution in [3.05, 3.63) is 41.9 Å². The normalized spacial score (nSPS) is 18.2. The number of aromatic nitrogens is 4. The van der Waals surface area contributed by atoms with Crippen LogP contribution >= 0.6 is 0 Å². The molecular weight excluding hydrogens is 304 g/mol. The van der Waals surface area contributed by atoms with Crippen LogP contribution in [0.3, 0.4) is 0 Å². The van der Waals surface area contributed by atoms with E-state index >= 15 is 0 Å². The molecule has 24 heavy (non-hydrogen) atoms. The van der Waals surface area contributed by atoms with Gasteiger partial charge < -0.3 is 10.6 Å². The number of amides is 1. The van der Waals surface area contributed by atoms with Crippen molar-refractivity contribution in [1.82, 2.24) is 24.8 Å². The lowest BCUT2D eigenvalue weighted by atomic mass is 9.95. The zero-order valence-electron chi connectivity index (χ0n) is 13.9. The topological polar surface area (TPSA) is 97.9 Å². The van der Waals surface area contributed by atoms with Crippen LogP contribution in [0.4, 0.5) is 5.82 Å². The Morgan fingerprint density at radius 1 is 1.25 bits per heavy atom. The molecule has 3 heterocycles. The Balaban J connectivity index is 1.60. The highest BCUT2D eigenvalue weighted by atomic mass is 16.2. The van der Waals surface area contributed by atoms with E-state index < -0.39 is 0 Å². The molecule has 1 aliphatic rings. The van der Waals surface area contributed by atoms with E-state index in [1.165, 1.54) is 0 Å². The highest BCUT2D eigenvalue weighted by Crippen LogP contribution is 2.22. The number of rotatable bonds is 3. The van der Waals surface area contributed by atoms with Crippen LogP contribution < -0.4 is 5.73 Å². The second-order valence-corrected chi connectivity index (χ2v) is 6.21. The number of nitrogen functional groups attached to an aromatic ring is 1. The third-order valence-corrected chi connectivity index (χ3v) is 4.35. The van der Waals surface area contributed by atoms with Gasteiger partial charge in [0.2, 0.25) is 0 Å². The second-order valence-electron chi connectivity index (χ2n) is 6.21. The molecule has 0 aromatic carbocycles. The SMILES string of the molecule is Cc1nccc(C(=O)N2CCC[C@@H](Cc3cnc(N)cn3)CC2)n1. The number of anilines is 1. The minimum Gasteiger partial charge on any atom is -0.382 e. The summed E-state index contributed by atoms with van der Waals surface area (Å²) in [5.41, 5.74) is 7.01. The molecule has 0 radical (unpaired) electrons. The summed E-state index contributed by atoms with van der Waals surface area (Å²) in [5, 5.41) is 0. The summed E-state index contributed by atoms with van der Waals surface area (Å²) in [5.74, 6) is 1.56. The van der Waals surface area contributed by atoms with E-state index in [1.54, 1.807) is 31.6 Å². The predicted molar refractivity (Wildman–Crippen MR) is 90.2 cm³/mol. The lowest BCUT2D eigenvalue weighted by Gasteiger charge is -2.20. The number of likely N-dealkylation sites (tertiary alicyclic amines) is 1. The molecule has 0 aliphatic carbocycles. The third-order valence-electron chi connectivity index (χ3n) is 4.35. The van der Waals surface area contributed by atoms with Gasteiger partial charge in [0.1, 0.15) is 17.3 Å². The number of nitrogens with two attached hydrogens (primary N) is 1. The summed E-state index contributed by atoms with van der Waals surface area (Å²) in [4.78, 5) is 31.2. The van der Waals surface area contributed by atoms with Gasteiger partial charge in [0.25, 0.3) is 5.91 Å². The van der Waals surface area contributed by atoms with Crippen LogP contribution in [0.1, 0.15) is 41.3 Å². The number of aryl methyl sites for hydroxylation is 1. The largest absolute Gasteiger partial charge is 0.382 e. The fourth-order valence-corrected chi connectivity index (χ4v) is 3.08. The number of hydrogen-bond donors (Lipinski definition) is 1. The molecule has 2 N–H and O–H groups in total. The zero-order valence-corrected chi connectivity index (χ0v) is 13.9. The molecule has 1 atom stereocenters. The third kappa shape index (κ3) is 4.04. The minimum atomic E-state index is -0.00609. The molecule has 0 bridgehead atoms. The Bertz CT molecular complexity index is 702. The smallest absolute Gasteiger partial charge is 0.272 e. The van der Waals surface area contributed by atoms with Gasteiger partial charge in [0, 0.05) is 19.3 Å². The van der Waals surface area contributed by atoms with Crippen LogP contribution in [0.5, 0.6) is 0 Å². The molecule has 0 spiro atoms. The van der Waals surface area contributed by atoms with Crippen LogP contribution in [0, 0.1) is 12.8 Å². The van der Waals surface area contributed by atoms with Gasteiger partial charge >= 0.3 is 0 Å². The van der Waals surface area contributed by atoms with Gasteiger partial charge in [-0.05, 0) is 44.6 Å². The van der Waals surface area contributed by atoms with E-state index in [0.717, 1.165) is 44.5 Å². The van der Waals surface area contributed by atoms with E-state index in [9.17, 15) is 4.79 Å². The fraction of sp³-hybridized carbons (Fsp3) is 0.471. The number of nitrogens with zero attached hydrogens (tertiary/aromatic N) is 5. The van der Waals surface area contributed by atoms with Crippen molar-refractivity contribution in [2.45, 2.75) is 32.6 Å². The Kier molecular flexibility index (Phi) is 4.98. The molecule has 3 rings (SSSR count). The lowest BCUT2D eigenvalue weighted by Crippen LogP contribution is -2.32. The maximum Gasteiger partial charge on any atom is 0.272 e. The first-order chi connectivity index (χ1) is 11.6. The van der Waals surface area contributed by atoms with Crippen molar-refractivity contribution < 1.29 is 4.79 Å². The Morgan fingerprint density at radius 3 is 2.88 bits per heavy atom. The molecule has 1 aliphatic heterocycles. The second kappa shape index (κ2) is 7.33. The molecular formula is C17H22N6O. The number of carbonyl (C=O) groups is 1. The van der Waals surface area contributed by atoms with Gasteiger partial charge in [-0.1, -0.05) is 0 Å². The van der Waals surface area contributed by atoms with Gasteiger partial charge in [-0.3, -0.25) is 9.78 Å². The maximum atomic E-state index is 12.6. The molecule has 2 aromatic rings. The van der Waals surface area contributed by atoms with Gasteiger partial charge in [0.15, 0.2) is 0 Å². The van der Waals surface area contributed by atoms with Crippen LogP contribution in [0.2, 0.25) is 0 Å². The van der Waals surface area contributed by atoms with E-state index in [1.807, 2.05) is 4.90 Å². The van der Waals surface area contributed by atoms with Crippen molar-refractivity contribution in [2.75, 3.05) is 18.8 Å². The fourth-order valence-electron chi connectivity index (χ4n) is 3.08.